The van der Waals surface area contributed by atoms with Gasteiger partial charge in [0.15, 0.2) is 0 Å². The summed E-state index contributed by atoms with van der Waals surface area (Å²) in [5, 5.41) is 3.37. The molecule has 1 N–H and O–H groups in total. The normalized spacial score (nSPS) is 10.6. The Kier molecular flexibility index (Phi) is 6.56. The molecule has 0 aliphatic carbocycles. The highest BCUT2D eigenvalue weighted by Gasteiger charge is 2.16. The second kappa shape index (κ2) is 8.45. The smallest absolute Gasteiger partial charge is 0.341 e. The van der Waals surface area contributed by atoms with Crippen molar-refractivity contribution in [1.29, 1.82) is 0 Å². The SMILES string of the molecule is COC(=O)c1cc(CSCC(=O)Nc2c(C)cc(C)cc2Cl)oc1C. The number of carbonyl (C=O) groups is 2. The Hall–Kier alpha value is -1.92. The largest absolute Gasteiger partial charge is 0.465 e. The summed E-state index contributed by atoms with van der Waals surface area (Å²) < 4.78 is 10.2. The number of anilines is 1. The fourth-order valence-electron chi connectivity index (χ4n) is 2.42. The van der Waals surface area contributed by atoms with Crippen LogP contribution in [0.3, 0.4) is 0 Å². The molecule has 0 saturated carbocycles. The van der Waals surface area contributed by atoms with Gasteiger partial charge in [-0.05, 0) is 44.0 Å². The summed E-state index contributed by atoms with van der Waals surface area (Å²) in [7, 11) is 1.33. The molecule has 1 aromatic carbocycles. The molecular formula is C18H20ClNO4S. The molecule has 0 spiro atoms. The molecule has 0 fully saturated rings. The van der Waals surface area contributed by atoms with E-state index in [1.807, 2.05) is 26.0 Å². The van der Waals surface area contributed by atoms with E-state index in [0.717, 1.165) is 11.1 Å². The first-order chi connectivity index (χ1) is 11.8. The number of furan rings is 1. The van der Waals surface area contributed by atoms with E-state index in [0.29, 0.717) is 33.5 Å². The minimum atomic E-state index is -0.431. The number of carbonyl (C=O) groups excluding carboxylic acids is 2. The quantitative estimate of drug-likeness (QED) is 0.745. The maximum absolute atomic E-state index is 12.1. The second-order valence-corrected chi connectivity index (χ2v) is 7.05. The van der Waals surface area contributed by atoms with Gasteiger partial charge in [0.25, 0.3) is 0 Å². The van der Waals surface area contributed by atoms with Crippen molar-refractivity contribution in [2.75, 3.05) is 18.2 Å². The van der Waals surface area contributed by atoms with E-state index in [9.17, 15) is 9.59 Å². The van der Waals surface area contributed by atoms with Gasteiger partial charge in [0.1, 0.15) is 17.1 Å². The molecule has 5 nitrogen and oxygen atoms in total. The summed E-state index contributed by atoms with van der Waals surface area (Å²) in [6, 6.07) is 5.43. The van der Waals surface area contributed by atoms with Crippen molar-refractivity contribution in [1.82, 2.24) is 0 Å². The van der Waals surface area contributed by atoms with Gasteiger partial charge in [0.05, 0.1) is 29.3 Å². The number of rotatable bonds is 6. The van der Waals surface area contributed by atoms with Crippen LogP contribution in [-0.2, 0) is 15.3 Å². The number of amides is 1. The molecule has 0 aliphatic rings. The molecule has 2 aromatic rings. The van der Waals surface area contributed by atoms with Crippen LogP contribution in [0.2, 0.25) is 5.02 Å². The molecule has 7 heteroatoms. The van der Waals surface area contributed by atoms with Gasteiger partial charge in [-0.1, -0.05) is 17.7 Å². The van der Waals surface area contributed by atoms with Crippen LogP contribution in [0.25, 0.3) is 0 Å². The second-order valence-electron chi connectivity index (χ2n) is 5.65. The molecule has 134 valence electrons. The number of hydrogen-bond donors (Lipinski definition) is 1. The Morgan fingerprint density at radius 1 is 1.24 bits per heavy atom. The maximum Gasteiger partial charge on any atom is 0.341 e. The van der Waals surface area contributed by atoms with E-state index in [2.05, 4.69) is 10.1 Å². The Morgan fingerprint density at radius 2 is 1.96 bits per heavy atom. The Bertz CT molecular complexity index is 777. The third-order valence-electron chi connectivity index (χ3n) is 3.55. The third kappa shape index (κ3) is 5.03. The molecule has 0 bridgehead atoms. The van der Waals surface area contributed by atoms with Crippen LogP contribution in [0.1, 0.15) is 33.0 Å². The minimum absolute atomic E-state index is 0.143. The van der Waals surface area contributed by atoms with E-state index >= 15 is 0 Å². The molecule has 0 saturated heterocycles. The van der Waals surface area contributed by atoms with Crippen molar-refractivity contribution in [2.45, 2.75) is 26.5 Å². The van der Waals surface area contributed by atoms with Crippen molar-refractivity contribution >= 4 is 40.9 Å². The predicted octanol–water partition coefficient (Wildman–Crippen LogP) is 4.52. The summed E-state index contributed by atoms with van der Waals surface area (Å²) in [5.74, 6) is 1.28. The lowest BCUT2D eigenvalue weighted by Crippen LogP contribution is -2.15. The predicted molar refractivity (Wildman–Crippen MR) is 101 cm³/mol. The molecule has 0 aliphatic heterocycles. The van der Waals surface area contributed by atoms with E-state index < -0.39 is 5.97 Å². The van der Waals surface area contributed by atoms with Crippen LogP contribution in [0.5, 0.6) is 0 Å². The number of hydrogen-bond acceptors (Lipinski definition) is 5. The standard InChI is InChI=1S/C18H20ClNO4S/c1-10-5-11(2)17(15(19)6-10)20-16(21)9-25-8-13-7-14(12(3)24-13)18(22)23-4/h5-7H,8-9H2,1-4H3,(H,20,21). The average Bonchev–Trinajstić information content (AvgIpc) is 2.91. The first kappa shape index (κ1) is 19.4. The summed E-state index contributed by atoms with van der Waals surface area (Å²) in [6.07, 6.45) is 0. The summed E-state index contributed by atoms with van der Waals surface area (Å²) in [4.78, 5) is 23.7. The molecule has 0 unspecified atom stereocenters. The maximum atomic E-state index is 12.1. The van der Waals surface area contributed by atoms with E-state index in [1.165, 1.54) is 18.9 Å². The lowest BCUT2D eigenvalue weighted by Gasteiger charge is -2.11. The van der Waals surface area contributed by atoms with Gasteiger partial charge in [-0.25, -0.2) is 4.79 Å². The van der Waals surface area contributed by atoms with Gasteiger partial charge in [0, 0.05) is 0 Å². The molecule has 1 amide bonds. The molecular weight excluding hydrogens is 362 g/mol. The molecule has 1 heterocycles. The number of thioether (sulfide) groups is 1. The first-order valence-electron chi connectivity index (χ1n) is 7.63. The molecule has 25 heavy (non-hydrogen) atoms. The zero-order valence-electron chi connectivity index (χ0n) is 14.6. The first-order valence-corrected chi connectivity index (χ1v) is 9.17. The highest BCUT2D eigenvalue weighted by molar-refractivity contribution is 7.99. The van der Waals surface area contributed by atoms with Gasteiger partial charge < -0.3 is 14.5 Å². The Morgan fingerprint density at radius 3 is 2.60 bits per heavy atom. The summed E-state index contributed by atoms with van der Waals surface area (Å²) in [6.45, 7) is 5.56. The van der Waals surface area contributed by atoms with E-state index in [-0.39, 0.29) is 11.7 Å². The molecule has 2 rings (SSSR count). The monoisotopic (exact) mass is 381 g/mol. The fourth-order valence-corrected chi connectivity index (χ4v) is 3.49. The van der Waals surface area contributed by atoms with E-state index in [1.54, 1.807) is 13.0 Å². The number of nitrogens with one attached hydrogen (secondary N) is 1. The van der Waals surface area contributed by atoms with Crippen LogP contribution >= 0.6 is 23.4 Å². The number of benzene rings is 1. The third-order valence-corrected chi connectivity index (χ3v) is 4.80. The Balaban J connectivity index is 1.90. The average molecular weight is 382 g/mol. The van der Waals surface area contributed by atoms with Crippen LogP contribution in [0.4, 0.5) is 5.69 Å². The number of methoxy groups -OCH3 is 1. The number of halogens is 1. The van der Waals surface area contributed by atoms with Crippen LogP contribution in [0.15, 0.2) is 22.6 Å². The fraction of sp³-hybridized carbons (Fsp3) is 0.333. The van der Waals surface area contributed by atoms with Crippen molar-refractivity contribution in [3.05, 3.63) is 51.4 Å². The zero-order chi connectivity index (χ0) is 18.6. The van der Waals surface area contributed by atoms with Crippen molar-refractivity contribution < 1.29 is 18.7 Å². The highest BCUT2D eigenvalue weighted by atomic mass is 35.5. The highest BCUT2D eigenvalue weighted by Crippen LogP contribution is 2.27. The van der Waals surface area contributed by atoms with Gasteiger partial charge in [0.2, 0.25) is 5.91 Å². The van der Waals surface area contributed by atoms with Gasteiger partial charge in [-0.3, -0.25) is 4.79 Å². The lowest BCUT2D eigenvalue weighted by atomic mass is 10.1. The minimum Gasteiger partial charge on any atom is -0.465 e. The number of aryl methyl sites for hydroxylation is 3. The van der Waals surface area contributed by atoms with Crippen LogP contribution in [-0.4, -0.2) is 24.7 Å². The zero-order valence-corrected chi connectivity index (χ0v) is 16.1. The van der Waals surface area contributed by atoms with Gasteiger partial charge >= 0.3 is 5.97 Å². The topological polar surface area (TPSA) is 68.5 Å². The molecule has 1 aromatic heterocycles. The molecule has 0 radical (unpaired) electrons. The van der Waals surface area contributed by atoms with Crippen molar-refractivity contribution in [3.8, 4) is 0 Å². The number of ether oxygens (including phenoxy) is 1. The van der Waals surface area contributed by atoms with Gasteiger partial charge in [-0.2, -0.15) is 0 Å². The summed E-state index contributed by atoms with van der Waals surface area (Å²) in [5.41, 5.74) is 3.02. The van der Waals surface area contributed by atoms with Crippen LogP contribution < -0.4 is 5.32 Å². The van der Waals surface area contributed by atoms with Gasteiger partial charge in [-0.15, -0.1) is 11.8 Å². The Labute approximate surface area is 156 Å². The van der Waals surface area contributed by atoms with Crippen molar-refractivity contribution in [3.63, 3.8) is 0 Å². The van der Waals surface area contributed by atoms with E-state index in [4.69, 9.17) is 16.0 Å². The van der Waals surface area contributed by atoms with Crippen LogP contribution in [0, 0.1) is 20.8 Å². The summed E-state index contributed by atoms with van der Waals surface area (Å²) >= 11 is 7.58. The lowest BCUT2D eigenvalue weighted by molar-refractivity contribution is -0.113. The van der Waals surface area contributed by atoms with Crippen molar-refractivity contribution in [2.24, 2.45) is 0 Å². The number of esters is 1. The molecule has 0 atom stereocenters.